The van der Waals surface area contributed by atoms with Crippen molar-refractivity contribution in [2.24, 2.45) is 10.8 Å². The van der Waals surface area contributed by atoms with E-state index in [0.29, 0.717) is 27.2 Å². The molecule has 0 saturated carbocycles. The zero-order chi connectivity index (χ0) is 19.8. The van der Waals surface area contributed by atoms with E-state index in [1.165, 1.54) is 13.3 Å². The van der Waals surface area contributed by atoms with Crippen LogP contribution >= 0.6 is 28.1 Å². The molecule has 0 aromatic heterocycles. The van der Waals surface area contributed by atoms with E-state index in [0.717, 1.165) is 5.56 Å². The number of anilines is 1. The third-order valence-corrected chi connectivity index (χ3v) is 4.13. The van der Waals surface area contributed by atoms with Gasteiger partial charge in [-0.25, -0.2) is 0 Å². The number of nitrogens with one attached hydrogen (secondary N) is 2. The molecule has 2 aromatic rings. The topological polar surface area (TPSA) is 98.0 Å². The fourth-order valence-electron chi connectivity index (χ4n) is 2.06. The van der Waals surface area contributed by atoms with Crippen LogP contribution in [0.5, 0.6) is 11.5 Å². The molecule has 0 radical (unpaired) electrons. The van der Waals surface area contributed by atoms with Crippen LogP contribution in [-0.4, -0.2) is 31.0 Å². The van der Waals surface area contributed by atoms with Crippen molar-refractivity contribution in [3.63, 3.8) is 0 Å². The predicted octanol–water partition coefficient (Wildman–Crippen LogP) is 2.95. The van der Waals surface area contributed by atoms with Crippen molar-refractivity contribution in [2.75, 3.05) is 19.0 Å². The second kappa shape index (κ2) is 9.89. The third kappa shape index (κ3) is 6.54. The number of methoxy groups -OCH3 is 1. The zero-order valence-corrected chi connectivity index (χ0v) is 17.2. The van der Waals surface area contributed by atoms with Gasteiger partial charge in [-0.2, -0.15) is 5.10 Å². The number of halogens is 1. The molecule has 4 N–H and O–H groups in total. The molecule has 0 bridgehead atoms. The summed E-state index contributed by atoms with van der Waals surface area (Å²) in [6, 6.07) is 10.9. The molecule has 0 aliphatic carbocycles. The van der Waals surface area contributed by atoms with Gasteiger partial charge in [0.2, 0.25) is 0 Å². The highest BCUT2D eigenvalue weighted by Gasteiger charge is 2.12. The number of ether oxygens (including phenoxy) is 2. The highest BCUT2D eigenvalue weighted by molar-refractivity contribution is 9.10. The molecule has 0 aliphatic rings. The summed E-state index contributed by atoms with van der Waals surface area (Å²) >= 11 is 8.11. The quantitative estimate of drug-likeness (QED) is 0.340. The van der Waals surface area contributed by atoms with Crippen LogP contribution in [0.15, 0.2) is 46.0 Å². The van der Waals surface area contributed by atoms with E-state index in [1.807, 2.05) is 31.2 Å². The Bertz CT molecular complexity index is 856. The summed E-state index contributed by atoms with van der Waals surface area (Å²) in [5.74, 6) is 0.601. The Labute approximate surface area is 171 Å². The van der Waals surface area contributed by atoms with E-state index < -0.39 is 0 Å². The normalized spacial score (nSPS) is 10.5. The van der Waals surface area contributed by atoms with Gasteiger partial charge in [-0.15, -0.1) is 0 Å². The first-order valence-electron chi connectivity index (χ1n) is 7.84. The predicted molar refractivity (Wildman–Crippen MR) is 114 cm³/mol. The van der Waals surface area contributed by atoms with Crippen molar-refractivity contribution >= 4 is 51.1 Å². The molecule has 7 nitrogen and oxygen atoms in total. The summed E-state index contributed by atoms with van der Waals surface area (Å²) in [7, 11) is 1.51. The molecular weight excluding hydrogens is 432 g/mol. The molecule has 0 unspecified atom stereocenters. The summed E-state index contributed by atoms with van der Waals surface area (Å²) in [5.41, 5.74) is 10.3. The maximum absolute atomic E-state index is 12.1. The molecule has 142 valence electrons. The first-order valence-corrected chi connectivity index (χ1v) is 9.04. The summed E-state index contributed by atoms with van der Waals surface area (Å²) in [6.45, 7) is 1.82. The Morgan fingerprint density at radius 3 is 2.63 bits per heavy atom. The Morgan fingerprint density at radius 1 is 1.30 bits per heavy atom. The maximum Gasteiger partial charge on any atom is 0.262 e. The van der Waals surface area contributed by atoms with Crippen LogP contribution in [0.3, 0.4) is 0 Å². The number of amides is 1. The van der Waals surface area contributed by atoms with Crippen molar-refractivity contribution in [1.82, 2.24) is 5.43 Å². The van der Waals surface area contributed by atoms with Gasteiger partial charge < -0.3 is 20.5 Å². The number of rotatable bonds is 7. The van der Waals surface area contributed by atoms with Gasteiger partial charge in [0.1, 0.15) is 0 Å². The second-order valence-corrected chi connectivity index (χ2v) is 6.76. The number of benzene rings is 2. The minimum atomic E-state index is -0.275. The lowest BCUT2D eigenvalue weighted by molar-refractivity contribution is -0.118. The molecule has 1 amide bonds. The molecule has 9 heteroatoms. The lowest BCUT2D eigenvalue weighted by Gasteiger charge is -2.13. The first kappa shape index (κ1) is 20.7. The Kier molecular flexibility index (Phi) is 7.56. The van der Waals surface area contributed by atoms with Gasteiger partial charge in [0.25, 0.3) is 5.91 Å². The number of hydrogen-bond donors (Lipinski definition) is 3. The molecule has 0 atom stereocenters. The van der Waals surface area contributed by atoms with E-state index in [4.69, 9.17) is 15.2 Å². The highest BCUT2D eigenvalue weighted by Crippen LogP contribution is 2.33. The van der Waals surface area contributed by atoms with Crippen LogP contribution < -0.4 is 25.9 Å². The molecule has 27 heavy (non-hydrogen) atoms. The summed E-state index contributed by atoms with van der Waals surface area (Å²) in [4.78, 5) is 12.1. The summed E-state index contributed by atoms with van der Waals surface area (Å²) < 4.78 is 11.6. The first-order chi connectivity index (χ1) is 12.9. The number of hydrogen-bond acceptors (Lipinski definition) is 5. The molecule has 0 fully saturated rings. The lowest BCUT2D eigenvalue weighted by Crippen LogP contribution is -2.24. The number of carbonyl (C=O) groups is 1. The number of nitrogens with two attached hydrogens (primary N) is 1. The minimum absolute atomic E-state index is 0.0638. The van der Waals surface area contributed by atoms with Crippen LogP contribution in [0.2, 0.25) is 0 Å². The van der Waals surface area contributed by atoms with Gasteiger partial charge in [0, 0.05) is 15.7 Å². The number of carbonyl (C=O) groups excluding carboxylic acids is 1. The van der Waals surface area contributed by atoms with Gasteiger partial charge in [-0.3, -0.25) is 10.2 Å². The van der Waals surface area contributed by atoms with Crippen LogP contribution in [0, 0.1) is 6.92 Å². The number of hydrazone groups is 1. The molecule has 0 aliphatic heterocycles. The molecule has 0 heterocycles. The van der Waals surface area contributed by atoms with Crippen LogP contribution in [0.1, 0.15) is 11.1 Å². The van der Waals surface area contributed by atoms with E-state index in [2.05, 4.69) is 44.0 Å². The average molecular weight is 451 g/mol. The van der Waals surface area contributed by atoms with Gasteiger partial charge >= 0.3 is 0 Å². The van der Waals surface area contributed by atoms with Gasteiger partial charge in [0.15, 0.2) is 23.2 Å². The fraction of sp³-hybridized carbons (Fsp3) is 0.167. The standard InChI is InChI=1S/C18H19BrN4O3S/c1-11-3-5-13(6-4-11)22-17(24)10-26-16-8-14(19)12(7-15(16)25-2)9-21-23-18(20)27/h3-9H,10H2,1-2H3,(H,22,24)(H3,20,23,27). The minimum Gasteiger partial charge on any atom is -0.493 e. The second-order valence-electron chi connectivity index (χ2n) is 5.46. The van der Waals surface area contributed by atoms with E-state index in [1.54, 1.807) is 12.1 Å². The molecule has 2 aromatic carbocycles. The molecule has 2 rings (SSSR count). The Hall–Kier alpha value is -2.65. The SMILES string of the molecule is COc1cc(C=NNC(N)=S)c(Br)cc1OCC(=O)Nc1ccc(C)cc1. The average Bonchev–Trinajstić information content (AvgIpc) is 2.63. The maximum atomic E-state index is 12.1. The fourth-order valence-corrected chi connectivity index (χ4v) is 2.54. The Balaban J connectivity index is 2.03. The Morgan fingerprint density at radius 2 is 2.00 bits per heavy atom. The van der Waals surface area contributed by atoms with Crippen LogP contribution in [0.25, 0.3) is 0 Å². The van der Waals surface area contributed by atoms with E-state index >= 15 is 0 Å². The molecule has 0 spiro atoms. The van der Waals surface area contributed by atoms with E-state index in [9.17, 15) is 4.79 Å². The molecule has 0 saturated heterocycles. The molecular formula is C18H19BrN4O3S. The van der Waals surface area contributed by atoms with Gasteiger partial charge in [-0.1, -0.05) is 17.7 Å². The highest BCUT2D eigenvalue weighted by atomic mass is 79.9. The van der Waals surface area contributed by atoms with Crippen molar-refractivity contribution in [2.45, 2.75) is 6.92 Å². The third-order valence-electron chi connectivity index (χ3n) is 3.36. The summed E-state index contributed by atoms with van der Waals surface area (Å²) in [5, 5.41) is 6.74. The summed E-state index contributed by atoms with van der Waals surface area (Å²) in [6.07, 6.45) is 1.53. The van der Waals surface area contributed by atoms with Gasteiger partial charge in [-0.05, 0) is 59.3 Å². The van der Waals surface area contributed by atoms with Gasteiger partial charge in [0.05, 0.1) is 13.3 Å². The van der Waals surface area contributed by atoms with Crippen molar-refractivity contribution in [3.05, 3.63) is 52.0 Å². The number of nitrogens with zero attached hydrogens (tertiary/aromatic N) is 1. The van der Waals surface area contributed by atoms with Crippen molar-refractivity contribution < 1.29 is 14.3 Å². The number of aryl methyl sites for hydroxylation is 1. The zero-order valence-electron chi connectivity index (χ0n) is 14.8. The monoisotopic (exact) mass is 450 g/mol. The lowest BCUT2D eigenvalue weighted by atomic mass is 10.2. The van der Waals surface area contributed by atoms with Crippen LogP contribution in [0.4, 0.5) is 5.69 Å². The van der Waals surface area contributed by atoms with Crippen LogP contribution in [-0.2, 0) is 4.79 Å². The van der Waals surface area contributed by atoms with E-state index in [-0.39, 0.29) is 17.6 Å². The van der Waals surface area contributed by atoms with Crippen molar-refractivity contribution in [3.8, 4) is 11.5 Å². The van der Waals surface area contributed by atoms with Crippen molar-refractivity contribution in [1.29, 1.82) is 0 Å². The smallest absolute Gasteiger partial charge is 0.262 e. The largest absolute Gasteiger partial charge is 0.493 e. The number of thiocarbonyl (C=S) groups is 1.